The van der Waals surface area contributed by atoms with Crippen molar-refractivity contribution in [2.45, 2.75) is 13.8 Å². The highest BCUT2D eigenvalue weighted by molar-refractivity contribution is 6.01. The fourth-order valence-corrected chi connectivity index (χ4v) is 2.20. The maximum absolute atomic E-state index is 12.3. The molecule has 1 amide bonds. The Labute approximate surface area is 147 Å². The molecule has 0 unspecified atom stereocenters. The number of hydrogen-bond donors (Lipinski definition) is 1. The number of benzene rings is 2. The molecule has 1 N–H and O–H groups in total. The van der Waals surface area contributed by atoms with Crippen molar-refractivity contribution in [3.63, 3.8) is 0 Å². The summed E-state index contributed by atoms with van der Waals surface area (Å²) in [6.07, 6.45) is 0. The van der Waals surface area contributed by atoms with Gasteiger partial charge in [0.1, 0.15) is 17.2 Å². The van der Waals surface area contributed by atoms with Gasteiger partial charge < -0.3 is 14.2 Å². The van der Waals surface area contributed by atoms with Crippen LogP contribution in [0.25, 0.3) is 0 Å². The molecule has 0 aliphatic carbocycles. The van der Waals surface area contributed by atoms with Gasteiger partial charge in [-0.3, -0.25) is 4.79 Å². The quantitative estimate of drug-likeness (QED) is 0.619. The van der Waals surface area contributed by atoms with Crippen LogP contribution < -0.4 is 19.6 Å². The van der Waals surface area contributed by atoms with Crippen LogP contribution in [0.2, 0.25) is 0 Å². The second kappa shape index (κ2) is 8.73. The van der Waals surface area contributed by atoms with Crippen molar-refractivity contribution in [2.24, 2.45) is 5.10 Å². The zero-order valence-corrected chi connectivity index (χ0v) is 14.8. The summed E-state index contributed by atoms with van der Waals surface area (Å²) in [5, 5.41) is 4.15. The number of carbonyl (C=O) groups is 1. The van der Waals surface area contributed by atoms with E-state index in [9.17, 15) is 4.79 Å². The molecule has 0 spiro atoms. The summed E-state index contributed by atoms with van der Waals surface area (Å²) >= 11 is 0. The molecule has 0 atom stereocenters. The Hall–Kier alpha value is -3.02. The van der Waals surface area contributed by atoms with Crippen molar-refractivity contribution in [1.82, 2.24) is 5.43 Å². The maximum atomic E-state index is 12.3. The molecule has 25 heavy (non-hydrogen) atoms. The molecule has 2 aromatic carbocycles. The first-order valence-corrected chi connectivity index (χ1v) is 7.89. The van der Waals surface area contributed by atoms with Gasteiger partial charge in [-0.15, -0.1) is 0 Å². The third-order valence-electron chi connectivity index (χ3n) is 3.56. The van der Waals surface area contributed by atoms with Crippen molar-refractivity contribution < 1.29 is 19.0 Å². The van der Waals surface area contributed by atoms with E-state index in [0.717, 1.165) is 11.3 Å². The van der Waals surface area contributed by atoms with Crippen LogP contribution >= 0.6 is 0 Å². The summed E-state index contributed by atoms with van der Waals surface area (Å²) in [6.45, 7) is 4.37. The molecule has 0 radical (unpaired) electrons. The molecular weight excluding hydrogens is 320 g/mol. The van der Waals surface area contributed by atoms with E-state index in [1.54, 1.807) is 25.3 Å². The van der Waals surface area contributed by atoms with Crippen LogP contribution in [0.15, 0.2) is 47.6 Å². The van der Waals surface area contributed by atoms with E-state index in [2.05, 4.69) is 10.5 Å². The lowest BCUT2D eigenvalue weighted by Gasteiger charge is -2.09. The van der Waals surface area contributed by atoms with Gasteiger partial charge in [0.05, 0.1) is 32.1 Å². The summed E-state index contributed by atoms with van der Waals surface area (Å²) in [6, 6.07) is 12.5. The number of ether oxygens (including phenoxy) is 3. The predicted molar refractivity (Wildman–Crippen MR) is 96.8 cm³/mol. The fraction of sp³-hybridized carbons (Fsp3) is 0.263. The number of methoxy groups -OCH3 is 2. The zero-order chi connectivity index (χ0) is 18.2. The van der Waals surface area contributed by atoms with Gasteiger partial charge in [-0.2, -0.15) is 5.10 Å². The second-order valence-electron chi connectivity index (χ2n) is 5.16. The molecule has 0 saturated carbocycles. The van der Waals surface area contributed by atoms with Crippen LogP contribution in [0, 0.1) is 0 Å². The number of carbonyl (C=O) groups excluding carboxylic acids is 1. The number of amides is 1. The molecule has 132 valence electrons. The van der Waals surface area contributed by atoms with Crippen LogP contribution in [0.5, 0.6) is 17.2 Å². The molecule has 0 saturated heterocycles. The van der Waals surface area contributed by atoms with Crippen LogP contribution in [0.1, 0.15) is 29.8 Å². The van der Waals surface area contributed by atoms with Crippen LogP contribution in [0.4, 0.5) is 0 Å². The van der Waals surface area contributed by atoms with Gasteiger partial charge >= 0.3 is 0 Å². The molecule has 6 nitrogen and oxygen atoms in total. The summed E-state index contributed by atoms with van der Waals surface area (Å²) in [5.41, 5.74) is 4.51. The Kier molecular flexibility index (Phi) is 6.39. The average Bonchev–Trinajstić information content (AvgIpc) is 2.66. The minimum atomic E-state index is -0.357. The van der Waals surface area contributed by atoms with E-state index < -0.39 is 0 Å². The smallest absolute Gasteiger partial charge is 0.275 e. The highest BCUT2D eigenvalue weighted by Gasteiger charge is 2.13. The van der Waals surface area contributed by atoms with Crippen molar-refractivity contribution >= 4 is 11.6 Å². The molecule has 0 aliphatic rings. The van der Waals surface area contributed by atoms with Gasteiger partial charge in [0, 0.05) is 6.07 Å². The van der Waals surface area contributed by atoms with E-state index in [1.807, 2.05) is 38.1 Å². The van der Waals surface area contributed by atoms with Crippen LogP contribution in [-0.4, -0.2) is 32.4 Å². The molecule has 0 aromatic heterocycles. The molecular formula is C19H22N2O4. The molecule has 0 aliphatic heterocycles. The lowest BCUT2D eigenvalue weighted by atomic mass is 10.1. The zero-order valence-electron chi connectivity index (χ0n) is 14.8. The summed E-state index contributed by atoms with van der Waals surface area (Å²) in [4.78, 5) is 12.3. The monoisotopic (exact) mass is 342 g/mol. The van der Waals surface area contributed by atoms with Gasteiger partial charge in [0.15, 0.2) is 0 Å². The Balaban J connectivity index is 2.11. The van der Waals surface area contributed by atoms with E-state index >= 15 is 0 Å². The van der Waals surface area contributed by atoms with Gasteiger partial charge in [-0.1, -0.05) is 0 Å². The molecule has 6 heteroatoms. The third-order valence-corrected chi connectivity index (χ3v) is 3.56. The standard InChI is InChI=1S/C19H22N2O4/c1-5-25-15-8-6-14(7-9-15)13(2)20-21-19(22)17-11-10-16(23-3)12-18(17)24-4/h6-12H,5H2,1-4H3,(H,21,22)/b20-13-. The highest BCUT2D eigenvalue weighted by atomic mass is 16.5. The number of hydrogen-bond acceptors (Lipinski definition) is 5. The van der Waals surface area contributed by atoms with E-state index in [4.69, 9.17) is 14.2 Å². The average molecular weight is 342 g/mol. The molecule has 2 rings (SSSR count). The second-order valence-corrected chi connectivity index (χ2v) is 5.16. The van der Waals surface area contributed by atoms with Gasteiger partial charge in [-0.25, -0.2) is 5.43 Å². The lowest BCUT2D eigenvalue weighted by Crippen LogP contribution is -2.20. The maximum Gasteiger partial charge on any atom is 0.275 e. The SMILES string of the molecule is CCOc1ccc(/C(C)=N\NC(=O)c2ccc(OC)cc2OC)cc1. The fourth-order valence-electron chi connectivity index (χ4n) is 2.20. The normalized spacial score (nSPS) is 11.0. The Morgan fingerprint density at radius 3 is 2.32 bits per heavy atom. The summed E-state index contributed by atoms with van der Waals surface area (Å²) < 4.78 is 15.8. The topological polar surface area (TPSA) is 69.2 Å². The minimum absolute atomic E-state index is 0.357. The van der Waals surface area contributed by atoms with Gasteiger partial charge in [0.2, 0.25) is 0 Å². The first kappa shape index (κ1) is 18.3. The van der Waals surface area contributed by atoms with E-state index in [1.165, 1.54) is 7.11 Å². The number of rotatable bonds is 7. The minimum Gasteiger partial charge on any atom is -0.497 e. The van der Waals surface area contributed by atoms with E-state index in [0.29, 0.717) is 29.4 Å². The summed E-state index contributed by atoms with van der Waals surface area (Å²) in [5.74, 6) is 1.48. The van der Waals surface area contributed by atoms with Crippen molar-refractivity contribution in [2.75, 3.05) is 20.8 Å². The predicted octanol–water partition coefficient (Wildman–Crippen LogP) is 3.26. The van der Waals surface area contributed by atoms with Crippen molar-refractivity contribution in [1.29, 1.82) is 0 Å². The van der Waals surface area contributed by atoms with Crippen molar-refractivity contribution in [3.8, 4) is 17.2 Å². The summed E-state index contributed by atoms with van der Waals surface area (Å²) in [7, 11) is 3.05. The number of nitrogens with zero attached hydrogens (tertiary/aromatic N) is 1. The first-order chi connectivity index (χ1) is 12.1. The molecule has 0 fully saturated rings. The Morgan fingerprint density at radius 2 is 1.72 bits per heavy atom. The molecule has 0 bridgehead atoms. The Morgan fingerprint density at radius 1 is 1.04 bits per heavy atom. The van der Waals surface area contributed by atoms with Crippen molar-refractivity contribution in [3.05, 3.63) is 53.6 Å². The van der Waals surface area contributed by atoms with E-state index in [-0.39, 0.29) is 5.91 Å². The lowest BCUT2D eigenvalue weighted by molar-refractivity contribution is 0.0951. The van der Waals surface area contributed by atoms with Gasteiger partial charge in [0.25, 0.3) is 5.91 Å². The highest BCUT2D eigenvalue weighted by Crippen LogP contribution is 2.24. The molecule has 0 heterocycles. The van der Waals surface area contributed by atoms with Crippen LogP contribution in [-0.2, 0) is 0 Å². The Bertz CT molecular complexity index is 755. The molecule has 2 aromatic rings. The number of nitrogens with one attached hydrogen (secondary N) is 1. The van der Waals surface area contributed by atoms with Crippen LogP contribution in [0.3, 0.4) is 0 Å². The third kappa shape index (κ3) is 4.73. The number of hydrazone groups is 1. The first-order valence-electron chi connectivity index (χ1n) is 7.89. The van der Waals surface area contributed by atoms with Gasteiger partial charge in [-0.05, 0) is 55.8 Å². The largest absolute Gasteiger partial charge is 0.497 e.